The van der Waals surface area contributed by atoms with Crippen molar-refractivity contribution in [2.24, 2.45) is 11.7 Å². The largest absolute Gasteiger partial charge is 0.381 e. The molecule has 96 valence electrons. The topological polar surface area (TPSA) is 35.2 Å². The number of hydrogen-bond donors (Lipinski definition) is 1. The van der Waals surface area contributed by atoms with E-state index >= 15 is 0 Å². The summed E-state index contributed by atoms with van der Waals surface area (Å²) in [6.45, 7) is 3.79. The van der Waals surface area contributed by atoms with Crippen molar-refractivity contribution in [2.75, 3.05) is 13.2 Å². The third kappa shape index (κ3) is 3.68. The van der Waals surface area contributed by atoms with Crippen LogP contribution in [-0.4, -0.2) is 13.2 Å². The molecular formula is C13H19BrClNO. The molecule has 0 aliphatic carbocycles. The summed E-state index contributed by atoms with van der Waals surface area (Å²) in [5.74, 6) is 0.549. The first kappa shape index (κ1) is 15.0. The molecule has 1 aromatic carbocycles. The van der Waals surface area contributed by atoms with E-state index in [0.29, 0.717) is 5.92 Å². The lowest BCUT2D eigenvalue weighted by Gasteiger charge is -2.28. The van der Waals surface area contributed by atoms with Crippen LogP contribution < -0.4 is 5.73 Å². The summed E-state index contributed by atoms with van der Waals surface area (Å²) >= 11 is 3.60. The summed E-state index contributed by atoms with van der Waals surface area (Å²) in [6.07, 6.45) is 2.14. The van der Waals surface area contributed by atoms with Gasteiger partial charge in [0.1, 0.15) is 0 Å². The van der Waals surface area contributed by atoms with Gasteiger partial charge in [-0.2, -0.15) is 0 Å². The van der Waals surface area contributed by atoms with E-state index in [0.717, 1.165) is 30.5 Å². The molecule has 1 saturated heterocycles. The third-order valence-electron chi connectivity index (χ3n) is 3.29. The van der Waals surface area contributed by atoms with Crippen LogP contribution >= 0.6 is 28.3 Å². The van der Waals surface area contributed by atoms with Crippen LogP contribution in [0.3, 0.4) is 0 Å². The van der Waals surface area contributed by atoms with E-state index in [1.807, 2.05) is 0 Å². The van der Waals surface area contributed by atoms with Crippen LogP contribution in [-0.2, 0) is 4.74 Å². The molecule has 4 heteroatoms. The number of rotatable bonds is 2. The van der Waals surface area contributed by atoms with Gasteiger partial charge in [-0.3, -0.25) is 0 Å². The van der Waals surface area contributed by atoms with Gasteiger partial charge in [0.2, 0.25) is 0 Å². The molecule has 17 heavy (non-hydrogen) atoms. The van der Waals surface area contributed by atoms with Gasteiger partial charge in [-0.1, -0.05) is 28.1 Å². The number of nitrogens with two attached hydrogens (primary N) is 1. The maximum atomic E-state index is 6.34. The zero-order valence-electron chi connectivity index (χ0n) is 9.99. The summed E-state index contributed by atoms with van der Waals surface area (Å²) in [5, 5.41) is 0. The van der Waals surface area contributed by atoms with Crippen molar-refractivity contribution in [3.05, 3.63) is 33.8 Å². The molecule has 1 fully saturated rings. The van der Waals surface area contributed by atoms with E-state index in [2.05, 4.69) is 41.1 Å². The van der Waals surface area contributed by atoms with Gasteiger partial charge in [0.05, 0.1) is 0 Å². The van der Waals surface area contributed by atoms with Gasteiger partial charge in [0.15, 0.2) is 0 Å². The van der Waals surface area contributed by atoms with Crippen LogP contribution in [0.4, 0.5) is 0 Å². The predicted molar refractivity (Wildman–Crippen MR) is 76.6 cm³/mol. The minimum atomic E-state index is 0. The highest BCUT2D eigenvalue weighted by Crippen LogP contribution is 2.32. The molecule has 0 aromatic heterocycles. The molecule has 2 nitrogen and oxygen atoms in total. The van der Waals surface area contributed by atoms with E-state index < -0.39 is 0 Å². The van der Waals surface area contributed by atoms with Crippen LogP contribution in [0, 0.1) is 12.8 Å². The first-order valence-corrected chi connectivity index (χ1v) is 6.57. The molecule has 1 aromatic rings. The van der Waals surface area contributed by atoms with Crippen molar-refractivity contribution in [3.63, 3.8) is 0 Å². The lowest BCUT2D eigenvalue weighted by atomic mass is 9.87. The molecule has 0 bridgehead atoms. The highest BCUT2D eigenvalue weighted by Gasteiger charge is 2.23. The monoisotopic (exact) mass is 319 g/mol. The molecule has 1 heterocycles. The summed E-state index contributed by atoms with van der Waals surface area (Å²) < 4.78 is 6.50. The molecule has 0 unspecified atom stereocenters. The average Bonchev–Trinajstić information content (AvgIpc) is 2.29. The SMILES string of the molecule is Cc1ccc([C@H](N)C2CCOCC2)c(Br)c1.Cl. The van der Waals surface area contributed by atoms with Gasteiger partial charge in [-0.15, -0.1) is 12.4 Å². The summed E-state index contributed by atoms with van der Waals surface area (Å²) in [6, 6.07) is 6.52. The van der Waals surface area contributed by atoms with Crippen LogP contribution in [0.1, 0.15) is 30.0 Å². The van der Waals surface area contributed by atoms with Gasteiger partial charge >= 0.3 is 0 Å². The average molecular weight is 321 g/mol. The lowest BCUT2D eigenvalue weighted by molar-refractivity contribution is 0.0583. The molecule has 2 rings (SSSR count). The van der Waals surface area contributed by atoms with Crippen molar-refractivity contribution in [1.82, 2.24) is 0 Å². The molecule has 2 N–H and O–H groups in total. The fourth-order valence-corrected chi connectivity index (χ4v) is 2.99. The number of benzene rings is 1. The van der Waals surface area contributed by atoms with Crippen molar-refractivity contribution in [1.29, 1.82) is 0 Å². The molecule has 0 saturated carbocycles. The van der Waals surface area contributed by atoms with Crippen molar-refractivity contribution >= 4 is 28.3 Å². The lowest BCUT2D eigenvalue weighted by Crippen LogP contribution is -2.27. The second-order valence-corrected chi connectivity index (χ2v) is 5.35. The Kier molecular flexibility index (Phi) is 5.93. The number of aryl methyl sites for hydroxylation is 1. The molecule has 0 spiro atoms. The van der Waals surface area contributed by atoms with Crippen molar-refractivity contribution in [2.45, 2.75) is 25.8 Å². The quantitative estimate of drug-likeness (QED) is 0.903. The highest BCUT2D eigenvalue weighted by atomic mass is 79.9. The Morgan fingerprint density at radius 1 is 1.35 bits per heavy atom. The molecule has 1 aliphatic heterocycles. The van der Waals surface area contributed by atoms with Gasteiger partial charge in [-0.25, -0.2) is 0 Å². The van der Waals surface area contributed by atoms with Gasteiger partial charge in [-0.05, 0) is 42.9 Å². The van der Waals surface area contributed by atoms with Crippen molar-refractivity contribution in [3.8, 4) is 0 Å². The minimum absolute atomic E-state index is 0. The Morgan fingerprint density at radius 3 is 2.59 bits per heavy atom. The Morgan fingerprint density at radius 2 is 2.00 bits per heavy atom. The molecule has 0 amide bonds. The molecule has 0 radical (unpaired) electrons. The first-order valence-electron chi connectivity index (χ1n) is 5.78. The highest BCUT2D eigenvalue weighted by molar-refractivity contribution is 9.10. The summed E-state index contributed by atoms with van der Waals surface area (Å²) in [4.78, 5) is 0. The molecule has 1 aliphatic rings. The van der Waals surface area contributed by atoms with E-state index in [9.17, 15) is 0 Å². The number of halogens is 2. The summed E-state index contributed by atoms with van der Waals surface area (Å²) in [7, 11) is 0. The van der Waals surface area contributed by atoms with Crippen LogP contribution in [0.2, 0.25) is 0 Å². The third-order valence-corrected chi connectivity index (χ3v) is 3.98. The Labute approximate surface area is 117 Å². The van der Waals surface area contributed by atoms with Crippen molar-refractivity contribution < 1.29 is 4.74 Å². The molecular weight excluding hydrogens is 302 g/mol. The van der Waals surface area contributed by atoms with Crippen LogP contribution in [0.15, 0.2) is 22.7 Å². The second kappa shape index (κ2) is 6.74. The first-order chi connectivity index (χ1) is 7.68. The van der Waals surface area contributed by atoms with Crippen LogP contribution in [0.25, 0.3) is 0 Å². The maximum Gasteiger partial charge on any atom is 0.0469 e. The number of ether oxygens (including phenoxy) is 1. The number of hydrogen-bond acceptors (Lipinski definition) is 2. The summed E-state index contributed by atoms with van der Waals surface area (Å²) in [5.41, 5.74) is 8.81. The normalized spacial score (nSPS) is 18.5. The standard InChI is InChI=1S/C13H18BrNO.ClH/c1-9-2-3-11(12(14)8-9)13(15)10-4-6-16-7-5-10;/h2-3,8,10,13H,4-7,15H2,1H3;1H/t13-;/m1./s1. The zero-order chi connectivity index (χ0) is 11.5. The minimum Gasteiger partial charge on any atom is -0.381 e. The fraction of sp³-hybridized carbons (Fsp3) is 0.538. The van der Waals surface area contributed by atoms with E-state index in [1.54, 1.807) is 0 Å². The Balaban J connectivity index is 0.00000144. The van der Waals surface area contributed by atoms with Gasteiger partial charge in [0, 0.05) is 23.7 Å². The fourth-order valence-electron chi connectivity index (χ4n) is 2.23. The smallest absolute Gasteiger partial charge is 0.0469 e. The van der Waals surface area contributed by atoms with Gasteiger partial charge < -0.3 is 10.5 Å². The van der Waals surface area contributed by atoms with Gasteiger partial charge in [0.25, 0.3) is 0 Å². The van der Waals surface area contributed by atoms with E-state index in [-0.39, 0.29) is 18.4 Å². The maximum absolute atomic E-state index is 6.34. The predicted octanol–water partition coefficient (Wildman–Crippen LogP) is 3.61. The van der Waals surface area contributed by atoms with E-state index in [4.69, 9.17) is 10.5 Å². The second-order valence-electron chi connectivity index (χ2n) is 4.50. The zero-order valence-corrected chi connectivity index (χ0v) is 12.4. The van der Waals surface area contributed by atoms with Crippen LogP contribution in [0.5, 0.6) is 0 Å². The Hall–Kier alpha value is -0.0900. The molecule has 1 atom stereocenters. The Bertz CT molecular complexity index is 366. The van der Waals surface area contributed by atoms with E-state index in [1.165, 1.54) is 11.1 Å².